The van der Waals surface area contributed by atoms with Crippen molar-refractivity contribution in [2.45, 2.75) is 12.3 Å². The van der Waals surface area contributed by atoms with Gasteiger partial charge in [0.1, 0.15) is 17.5 Å². The third kappa shape index (κ3) is 2.98. The smallest absolute Gasteiger partial charge is 0.341 e. The second kappa shape index (κ2) is 6.79. The van der Waals surface area contributed by atoms with E-state index in [1.807, 2.05) is 7.05 Å². The van der Waals surface area contributed by atoms with Crippen LogP contribution in [0.1, 0.15) is 16.5 Å². The average molecular weight is 394 g/mol. The lowest BCUT2D eigenvalue weighted by Gasteiger charge is -2.44. The van der Waals surface area contributed by atoms with Crippen LogP contribution in [0.5, 0.6) is 5.75 Å². The second-order valence-electron chi connectivity index (χ2n) is 6.98. The maximum atomic E-state index is 12.7. The van der Waals surface area contributed by atoms with Crippen molar-refractivity contribution in [2.75, 3.05) is 39.8 Å². The number of aromatic nitrogens is 1. The molecule has 9 heteroatoms. The normalized spacial score (nSPS) is 23.4. The van der Waals surface area contributed by atoms with Gasteiger partial charge in [0.05, 0.1) is 17.5 Å². The van der Waals surface area contributed by atoms with Gasteiger partial charge < -0.3 is 24.4 Å². The van der Waals surface area contributed by atoms with Crippen LogP contribution in [-0.4, -0.2) is 76.5 Å². The van der Waals surface area contributed by atoms with E-state index in [1.165, 1.54) is 12.3 Å². The Morgan fingerprint density at radius 3 is 2.63 bits per heavy atom. The number of aliphatic hydroxyl groups excluding tert-OH is 1. The number of carboxylic acids is 1. The van der Waals surface area contributed by atoms with Crippen LogP contribution >= 0.6 is 11.6 Å². The number of halogens is 1. The quantitative estimate of drug-likeness (QED) is 0.798. The van der Waals surface area contributed by atoms with Gasteiger partial charge in [-0.25, -0.2) is 4.79 Å². The Balaban J connectivity index is 1.97. The molecule has 0 aliphatic carbocycles. The fraction of sp³-hybridized carbons (Fsp3) is 0.444. The van der Waals surface area contributed by atoms with Crippen molar-refractivity contribution in [2.24, 2.45) is 0 Å². The maximum absolute atomic E-state index is 12.7. The van der Waals surface area contributed by atoms with E-state index in [9.17, 15) is 19.8 Å². The van der Waals surface area contributed by atoms with Crippen LogP contribution in [0.25, 0.3) is 10.9 Å². The number of piperazine rings is 1. The number of hydrogen-bond donors (Lipinski definition) is 2. The van der Waals surface area contributed by atoms with Crippen LogP contribution in [0.3, 0.4) is 0 Å². The number of pyridine rings is 1. The van der Waals surface area contributed by atoms with Gasteiger partial charge in [0, 0.05) is 43.5 Å². The van der Waals surface area contributed by atoms with Crippen molar-refractivity contribution in [1.82, 2.24) is 14.4 Å². The molecule has 4 rings (SSSR count). The summed E-state index contributed by atoms with van der Waals surface area (Å²) >= 11 is 6.12. The molecule has 0 bridgehead atoms. The van der Waals surface area contributed by atoms with E-state index in [2.05, 4.69) is 9.80 Å². The summed E-state index contributed by atoms with van der Waals surface area (Å²) in [5.74, 6) is -0.924. The summed E-state index contributed by atoms with van der Waals surface area (Å²) in [5, 5.41) is 19.9. The monoisotopic (exact) mass is 393 g/mol. The van der Waals surface area contributed by atoms with Gasteiger partial charge in [-0.3, -0.25) is 9.69 Å². The SMILES string of the molecule is CN1CCN(C2[C@H](CO)Oc3cc(Cl)cc4c(=O)c(C(=O)O)cn2c34)CC1. The summed E-state index contributed by atoms with van der Waals surface area (Å²) in [6, 6.07) is 3.05. The van der Waals surface area contributed by atoms with E-state index in [-0.39, 0.29) is 22.6 Å². The number of likely N-dealkylation sites (N-methyl/N-ethyl adjacent to an activating group) is 1. The van der Waals surface area contributed by atoms with Crippen LogP contribution in [0.2, 0.25) is 5.02 Å². The molecule has 2 atom stereocenters. The Kier molecular flexibility index (Phi) is 4.59. The molecule has 8 nitrogen and oxygen atoms in total. The molecule has 2 aliphatic rings. The van der Waals surface area contributed by atoms with Gasteiger partial charge in [-0.15, -0.1) is 0 Å². The fourth-order valence-electron chi connectivity index (χ4n) is 3.90. The van der Waals surface area contributed by atoms with E-state index < -0.39 is 23.7 Å². The molecule has 0 amide bonds. The highest BCUT2D eigenvalue weighted by molar-refractivity contribution is 6.31. The largest absolute Gasteiger partial charge is 0.482 e. The van der Waals surface area contributed by atoms with Crippen LogP contribution in [0.4, 0.5) is 0 Å². The molecule has 0 saturated carbocycles. The summed E-state index contributed by atoms with van der Waals surface area (Å²) in [4.78, 5) is 28.7. The molecule has 1 aromatic heterocycles. The van der Waals surface area contributed by atoms with Gasteiger partial charge in [0.2, 0.25) is 5.43 Å². The van der Waals surface area contributed by atoms with Crippen molar-refractivity contribution >= 4 is 28.5 Å². The van der Waals surface area contributed by atoms with Gasteiger partial charge in [-0.2, -0.15) is 0 Å². The highest BCUT2D eigenvalue weighted by atomic mass is 35.5. The minimum atomic E-state index is -1.30. The van der Waals surface area contributed by atoms with E-state index in [1.54, 1.807) is 10.6 Å². The summed E-state index contributed by atoms with van der Waals surface area (Å²) < 4.78 is 7.74. The Morgan fingerprint density at radius 1 is 1.30 bits per heavy atom. The van der Waals surface area contributed by atoms with Crippen molar-refractivity contribution in [1.29, 1.82) is 0 Å². The number of carboxylic acid groups (broad SMARTS) is 1. The molecule has 144 valence electrons. The molecule has 0 spiro atoms. The van der Waals surface area contributed by atoms with Crippen molar-refractivity contribution in [3.8, 4) is 5.75 Å². The molecule has 3 heterocycles. The first-order chi connectivity index (χ1) is 12.9. The Bertz CT molecular complexity index is 968. The Labute approximate surface area is 160 Å². The molecule has 0 radical (unpaired) electrons. The van der Waals surface area contributed by atoms with Crippen molar-refractivity contribution in [3.05, 3.63) is 39.1 Å². The standard InChI is InChI=1S/C18H20ClN3O5/c1-20-2-4-21(5-3-20)17-14(9-23)27-13-7-10(19)6-11-15(13)22(17)8-12(16(11)24)18(25)26/h6-8,14,17,23H,2-5,9H2,1H3,(H,25,26)/t14-,17?/m0/s1. The first-order valence-corrected chi connectivity index (χ1v) is 9.10. The number of aliphatic hydroxyl groups is 1. The maximum Gasteiger partial charge on any atom is 0.341 e. The lowest BCUT2D eigenvalue weighted by atomic mass is 10.1. The average Bonchev–Trinajstić information content (AvgIpc) is 2.64. The number of ether oxygens (including phenoxy) is 1. The minimum absolute atomic E-state index is 0.202. The van der Waals surface area contributed by atoms with Gasteiger partial charge in [0.15, 0.2) is 6.10 Å². The van der Waals surface area contributed by atoms with Gasteiger partial charge in [-0.1, -0.05) is 11.6 Å². The van der Waals surface area contributed by atoms with E-state index >= 15 is 0 Å². The lowest BCUT2D eigenvalue weighted by Crippen LogP contribution is -2.53. The summed E-state index contributed by atoms with van der Waals surface area (Å²) in [7, 11) is 2.04. The molecule has 1 saturated heterocycles. The van der Waals surface area contributed by atoms with Crippen LogP contribution in [0.15, 0.2) is 23.1 Å². The Morgan fingerprint density at radius 2 is 2.00 bits per heavy atom. The summed E-state index contributed by atoms with van der Waals surface area (Å²) in [5.41, 5.74) is -0.419. The molecule has 2 aromatic rings. The molecule has 1 fully saturated rings. The predicted octanol–water partition coefficient (Wildman–Crippen LogP) is 0.852. The van der Waals surface area contributed by atoms with Crippen LogP contribution in [0, 0.1) is 0 Å². The Hall–Kier alpha value is -2.13. The van der Waals surface area contributed by atoms with Crippen molar-refractivity contribution in [3.63, 3.8) is 0 Å². The number of benzene rings is 1. The van der Waals surface area contributed by atoms with Crippen molar-refractivity contribution < 1.29 is 19.7 Å². The third-order valence-electron chi connectivity index (χ3n) is 5.27. The minimum Gasteiger partial charge on any atom is -0.482 e. The van der Waals surface area contributed by atoms with Gasteiger partial charge in [0.25, 0.3) is 0 Å². The molecule has 2 N–H and O–H groups in total. The zero-order chi connectivity index (χ0) is 19.3. The highest BCUT2D eigenvalue weighted by Crippen LogP contribution is 2.38. The highest BCUT2D eigenvalue weighted by Gasteiger charge is 2.37. The van der Waals surface area contributed by atoms with E-state index in [0.29, 0.717) is 11.3 Å². The number of aromatic carboxylic acids is 1. The fourth-order valence-corrected chi connectivity index (χ4v) is 4.11. The molecule has 1 unspecified atom stereocenters. The predicted molar refractivity (Wildman–Crippen MR) is 99.8 cm³/mol. The lowest BCUT2D eigenvalue weighted by molar-refractivity contribution is -0.0310. The third-order valence-corrected chi connectivity index (χ3v) is 5.49. The van der Waals surface area contributed by atoms with E-state index in [0.717, 1.165) is 26.2 Å². The molecule has 2 aliphatic heterocycles. The number of rotatable bonds is 3. The zero-order valence-corrected chi connectivity index (χ0v) is 15.5. The second-order valence-corrected chi connectivity index (χ2v) is 7.41. The molecular formula is C18H20ClN3O5. The zero-order valence-electron chi connectivity index (χ0n) is 14.8. The summed E-state index contributed by atoms with van der Waals surface area (Å²) in [6.07, 6.45) is 0.337. The number of nitrogens with zero attached hydrogens (tertiary/aromatic N) is 3. The topological polar surface area (TPSA) is 95.2 Å². The summed E-state index contributed by atoms with van der Waals surface area (Å²) in [6.45, 7) is 2.91. The van der Waals surface area contributed by atoms with Gasteiger partial charge in [-0.05, 0) is 13.1 Å². The molecule has 27 heavy (non-hydrogen) atoms. The van der Waals surface area contributed by atoms with Gasteiger partial charge >= 0.3 is 5.97 Å². The molecular weight excluding hydrogens is 374 g/mol. The van der Waals surface area contributed by atoms with Crippen LogP contribution < -0.4 is 10.2 Å². The number of carbonyl (C=O) groups is 1. The van der Waals surface area contributed by atoms with E-state index in [4.69, 9.17) is 16.3 Å². The molecule has 1 aromatic carbocycles. The van der Waals surface area contributed by atoms with Crippen LogP contribution in [-0.2, 0) is 0 Å². The first kappa shape index (κ1) is 18.2. The first-order valence-electron chi connectivity index (χ1n) is 8.72. The number of hydrogen-bond acceptors (Lipinski definition) is 6.